The van der Waals surface area contributed by atoms with E-state index in [1.54, 1.807) is 0 Å². The fourth-order valence-corrected chi connectivity index (χ4v) is 2.68. The highest BCUT2D eigenvalue weighted by atomic mass is 16.3. The second-order valence-electron chi connectivity index (χ2n) is 4.83. The van der Waals surface area contributed by atoms with Crippen LogP contribution in [0.25, 0.3) is 0 Å². The first-order valence-electron chi connectivity index (χ1n) is 5.98. The number of phenolic OH excluding ortho intramolecular Hbond substituents is 1. The van der Waals surface area contributed by atoms with Crippen molar-refractivity contribution in [3.63, 3.8) is 0 Å². The maximum absolute atomic E-state index is 9.62. The molecular weight excluding hydrogens is 184 g/mol. The maximum atomic E-state index is 9.62. The Morgan fingerprint density at radius 3 is 2.33 bits per heavy atom. The molecule has 15 heavy (non-hydrogen) atoms. The number of hydrogen-bond donors (Lipinski definition) is 1. The van der Waals surface area contributed by atoms with Crippen LogP contribution in [-0.4, -0.2) is 5.11 Å². The van der Waals surface area contributed by atoms with E-state index in [2.05, 4.69) is 13.0 Å². The van der Waals surface area contributed by atoms with Gasteiger partial charge in [0.1, 0.15) is 5.75 Å². The number of aryl methyl sites for hydroxylation is 2. The van der Waals surface area contributed by atoms with Gasteiger partial charge in [0.15, 0.2) is 0 Å². The largest absolute Gasteiger partial charge is 0.508 e. The van der Waals surface area contributed by atoms with Crippen LogP contribution in [0.1, 0.15) is 54.7 Å². The summed E-state index contributed by atoms with van der Waals surface area (Å²) in [4.78, 5) is 0. The molecule has 0 bridgehead atoms. The zero-order chi connectivity index (χ0) is 10.8. The van der Waals surface area contributed by atoms with Crippen molar-refractivity contribution in [2.24, 2.45) is 0 Å². The molecule has 2 rings (SSSR count). The van der Waals surface area contributed by atoms with Crippen LogP contribution in [-0.2, 0) is 0 Å². The zero-order valence-corrected chi connectivity index (χ0v) is 9.71. The number of phenols is 1. The van der Waals surface area contributed by atoms with Crippen LogP contribution < -0.4 is 0 Å². The lowest BCUT2D eigenvalue weighted by molar-refractivity contribution is 0.439. The van der Waals surface area contributed by atoms with E-state index in [0.717, 1.165) is 11.5 Å². The summed E-state index contributed by atoms with van der Waals surface area (Å²) in [5.41, 5.74) is 3.73. The van der Waals surface area contributed by atoms with Crippen molar-refractivity contribution in [2.45, 2.75) is 51.9 Å². The molecule has 1 aliphatic rings. The minimum absolute atomic E-state index is 0.437. The molecule has 82 valence electrons. The van der Waals surface area contributed by atoms with Crippen molar-refractivity contribution in [3.05, 3.63) is 28.8 Å². The van der Waals surface area contributed by atoms with E-state index in [1.165, 1.54) is 43.2 Å². The summed E-state index contributed by atoms with van der Waals surface area (Å²) in [6, 6.07) is 4.10. The molecule has 0 spiro atoms. The van der Waals surface area contributed by atoms with E-state index in [9.17, 15) is 5.11 Å². The Labute approximate surface area is 92.1 Å². The van der Waals surface area contributed by atoms with Crippen LogP contribution in [0, 0.1) is 13.8 Å². The molecule has 0 radical (unpaired) electrons. The second-order valence-corrected chi connectivity index (χ2v) is 4.83. The molecule has 0 aromatic heterocycles. The molecule has 0 unspecified atom stereocenters. The highest BCUT2D eigenvalue weighted by Crippen LogP contribution is 2.36. The third-order valence-corrected chi connectivity index (χ3v) is 3.63. The van der Waals surface area contributed by atoms with Gasteiger partial charge < -0.3 is 5.11 Å². The summed E-state index contributed by atoms with van der Waals surface area (Å²) >= 11 is 0. The Morgan fingerprint density at radius 2 is 1.67 bits per heavy atom. The summed E-state index contributed by atoms with van der Waals surface area (Å²) in [7, 11) is 0. The van der Waals surface area contributed by atoms with Gasteiger partial charge in [0, 0.05) is 0 Å². The molecule has 0 aliphatic heterocycles. The highest BCUT2D eigenvalue weighted by Gasteiger charge is 2.17. The molecule has 0 amide bonds. The zero-order valence-electron chi connectivity index (χ0n) is 9.71. The van der Waals surface area contributed by atoms with Crippen molar-refractivity contribution >= 4 is 0 Å². The molecule has 1 aliphatic carbocycles. The minimum atomic E-state index is 0.437. The van der Waals surface area contributed by atoms with E-state index in [1.807, 2.05) is 13.0 Å². The van der Waals surface area contributed by atoms with Crippen LogP contribution in [0.15, 0.2) is 12.1 Å². The number of benzene rings is 1. The molecule has 1 saturated carbocycles. The van der Waals surface area contributed by atoms with Gasteiger partial charge in [-0.1, -0.05) is 25.3 Å². The first kappa shape index (κ1) is 10.5. The third-order valence-electron chi connectivity index (χ3n) is 3.63. The van der Waals surface area contributed by atoms with Gasteiger partial charge in [-0.2, -0.15) is 0 Å². The molecule has 1 fully saturated rings. The van der Waals surface area contributed by atoms with E-state index >= 15 is 0 Å². The van der Waals surface area contributed by atoms with Crippen LogP contribution in [0.4, 0.5) is 0 Å². The Balaban J connectivity index is 2.30. The molecule has 0 heterocycles. The smallest absolute Gasteiger partial charge is 0.118 e. The predicted octanol–water partition coefficient (Wildman–Crippen LogP) is 4.06. The number of aromatic hydroxyl groups is 1. The quantitative estimate of drug-likeness (QED) is 0.731. The molecular formula is C14H20O. The van der Waals surface area contributed by atoms with Crippen molar-refractivity contribution in [1.29, 1.82) is 0 Å². The topological polar surface area (TPSA) is 20.2 Å². The molecule has 1 aromatic carbocycles. The Morgan fingerprint density at radius 1 is 1.00 bits per heavy atom. The van der Waals surface area contributed by atoms with Gasteiger partial charge in [0.05, 0.1) is 0 Å². The average Bonchev–Trinajstić information content (AvgIpc) is 2.25. The van der Waals surface area contributed by atoms with E-state index in [0.29, 0.717) is 5.75 Å². The molecule has 1 N–H and O–H groups in total. The second kappa shape index (κ2) is 4.26. The first-order valence-corrected chi connectivity index (χ1v) is 5.98. The lowest BCUT2D eigenvalue weighted by Gasteiger charge is -2.24. The summed E-state index contributed by atoms with van der Waals surface area (Å²) in [6.45, 7) is 4.10. The fraction of sp³-hybridized carbons (Fsp3) is 0.571. The van der Waals surface area contributed by atoms with Gasteiger partial charge in [-0.15, -0.1) is 0 Å². The normalized spacial score (nSPS) is 18.0. The van der Waals surface area contributed by atoms with Gasteiger partial charge in [-0.3, -0.25) is 0 Å². The van der Waals surface area contributed by atoms with Gasteiger partial charge in [0.2, 0.25) is 0 Å². The number of rotatable bonds is 1. The Kier molecular flexibility index (Phi) is 2.99. The molecule has 0 atom stereocenters. The first-order chi connectivity index (χ1) is 7.18. The third kappa shape index (κ3) is 2.17. The fourth-order valence-electron chi connectivity index (χ4n) is 2.68. The monoisotopic (exact) mass is 204 g/mol. The van der Waals surface area contributed by atoms with Crippen molar-refractivity contribution in [2.75, 3.05) is 0 Å². The Bertz CT molecular complexity index is 349. The summed E-state index contributed by atoms with van der Waals surface area (Å²) in [5.74, 6) is 1.17. The Hall–Kier alpha value is -0.980. The summed E-state index contributed by atoms with van der Waals surface area (Å²) in [5, 5.41) is 9.62. The summed E-state index contributed by atoms with van der Waals surface area (Å²) < 4.78 is 0. The van der Waals surface area contributed by atoms with Crippen molar-refractivity contribution in [1.82, 2.24) is 0 Å². The lowest BCUT2D eigenvalue weighted by Crippen LogP contribution is -2.06. The van der Waals surface area contributed by atoms with Crippen molar-refractivity contribution < 1.29 is 5.11 Å². The summed E-state index contributed by atoms with van der Waals surface area (Å²) in [6.07, 6.45) is 6.77. The van der Waals surface area contributed by atoms with E-state index in [-0.39, 0.29) is 0 Å². The minimum Gasteiger partial charge on any atom is -0.508 e. The average molecular weight is 204 g/mol. The van der Waals surface area contributed by atoms with Gasteiger partial charge in [-0.25, -0.2) is 0 Å². The lowest BCUT2D eigenvalue weighted by atomic mass is 9.82. The van der Waals surface area contributed by atoms with Gasteiger partial charge >= 0.3 is 0 Å². The van der Waals surface area contributed by atoms with Crippen LogP contribution in [0.5, 0.6) is 5.75 Å². The predicted molar refractivity (Wildman–Crippen MR) is 63.4 cm³/mol. The van der Waals surface area contributed by atoms with Gasteiger partial charge in [-0.05, 0) is 55.4 Å². The van der Waals surface area contributed by atoms with Crippen LogP contribution >= 0.6 is 0 Å². The highest BCUT2D eigenvalue weighted by molar-refractivity contribution is 5.42. The number of hydrogen-bond acceptors (Lipinski definition) is 1. The van der Waals surface area contributed by atoms with E-state index in [4.69, 9.17) is 0 Å². The van der Waals surface area contributed by atoms with Crippen LogP contribution in [0.3, 0.4) is 0 Å². The molecule has 1 heteroatoms. The van der Waals surface area contributed by atoms with Crippen LogP contribution in [0.2, 0.25) is 0 Å². The molecule has 1 aromatic rings. The SMILES string of the molecule is Cc1cc(C2CCCCC2)c(C)cc1O. The van der Waals surface area contributed by atoms with Gasteiger partial charge in [0.25, 0.3) is 0 Å². The molecule has 1 nitrogen and oxygen atoms in total. The van der Waals surface area contributed by atoms with Crippen molar-refractivity contribution in [3.8, 4) is 5.75 Å². The maximum Gasteiger partial charge on any atom is 0.118 e. The standard InChI is InChI=1S/C14H20O/c1-10-9-14(15)11(2)8-13(10)12-6-4-3-5-7-12/h8-9,12,15H,3-7H2,1-2H3. The van der Waals surface area contributed by atoms with E-state index < -0.39 is 0 Å². The molecule has 0 saturated heterocycles.